The van der Waals surface area contributed by atoms with E-state index in [2.05, 4.69) is 15.2 Å². The van der Waals surface area contributed by atoms with E-state index < -0.39 is 5.60 Å². The summed E-state index contributed by atoms with van der Waals surface area (Å²) in [5.41, 5.74) is -0.506. The van der Waals surface area contributed by atoms with Crippen molar-refractivity contribution in [3.8, 4) is 11.6 Å². The van der Waals surface area contributed by atoms with Gasteiger partial charge in [-0.05, 0) is 74.9 Å². The van der Waals surface area contributed by atoms with Crippen LogP contribution in [0.5, 0.6) is 5.88 Å². The molecule has 210 valence electrons. The lowest BCUT2D eigenvalue weighted by atomic mass is 9.85. The van der Waals surface area contributed by atoms with Crippen LogP contribution in [0.4, 0.5) is 4.39 Å². The largest absolute Gasteiger partial charge is 0.472 e. The summed E-state index contributed by atoms with van der Waals surface area (Å²) >= 11 is 0. The Morgan fingerprint density at radius 2 is 1.90 bits per heavy atom. The van der Waals surface area contributed by atoms with Crippen LogP contribution in [0.2, 0.25) is 0 Å². The highest BCUT2D eigenvalue weighted by Gasteiger charge is 2.37. The molecule has 6 rings (SSSR count). The summed E-state index contributed by atoms with van der Waals surface area (Å²) in [6.45, 7) is 2.74. The smallest absolute Gasteiger partial charge is 0.264 e. The molecule has 1 amide bonds. The molecule has 3 aromatic heterocycles. The molecule has 0 atom stereocenters. The van der Waals surface area contributed by atoms with Crippen molar-refractivity contribution in [1.29, 1.82) is 0 Å². The van der Waals surface area contributed by atoms with E-state index in [0.717, 1.165) is 25.7 Å². The fourth-order valence-corrected chi connectivity index (χ4v) is 5.71. The molecule has 0 bridgehead atoms. The van der Waals surface area contributed by atoms with Gasteiger partial charge in [0.05, 0.1) is 24.0 Å². The molecule has 0 unspecified atom stereocenters. The Hall–Kier alpha value is -4.06. The van der Waals surface area contributed by atoms with Crippen molar-refractivity contribution in [2.75, 3.05) is 13.1 Å². The Kier molecular flexibility index (Phi) is 6.87. The fraction of sp³-hybridized carbons (Fsp3) is 0.464. The van der Waals surface area contributed by atoms with E-state index in [4.69, 9.17) is 9.26 Å². The Morgan fingerprint density at radius 1 is 1.18 bits per heavy atom. The van der Waals surface area contributed by atoms with Gasteiger partial charge in [-0.1, -0.05) is 0 Å². The van der Waals surface area contributed by atoms with Crippen LogP contribution >= 0.6 is 0 Å². The third kappa shape index (κ3) is 5.23. The molecular weight excluding hydrogens is 519 g/mol. The topological polar surface area (TPSA) is 129 Å². The van der Waals surface area contributed by atoms with E-state index >= 15 is 0 Å². The zero-order chi connectivity index (χ0) is 27.9. The van der Waals surface area contributed by atoms with Crippen molar-refractivity contribution < 1.29 is 23.6 Å². The van der Waals surface area contributed by atoms with Gasteiger partial charge >= 0.3 is 0 Å². The standard InChI is InChI=1S/C28H31FN6O5/c1-18-14-24(32-40-18)39-22-8-2-19(3-9-22)26(36)33-12-10-28(38,11-13-33)16-34-17-30-25-23(27(34)37)15-31-35(25)21-6-4-20(29)5-7-21/h4-7,14-15,17,19,22,38H,2-3,8-13,16H2,1H3. The monoisotopic (exact) mass is 550 g/mol. The summed E-state index contributed by atoms with van der Waals surface area (Å²) < 4.78 is 27.1. The first-order valence-corrected chi connectivity index (χ1v) is 13.6. The molecule has 1 N–H and O–H groups in total. The molecule has 1 aliphatic heterocycles. The predicted octanol–water partition coefficient (Wildman–Crippen LogP) is 3.01. The number of carbonyl (C=O) groups is 1. The molecule has 0 radical (unpaired) electrons. The number of hydrogen-bond donors (Lipinski definition) is 1. The summed E-state index contributed by atoms with van der Waals surface area (Å²) in [4.78, 5) is 32.6. The fourth-order valence-electron chi connectivity index (χ4n) is 5.71. The molecule has 12 heteroatoms. The third-order valence-corrected chi connectivity index (χ3v) is 8.01. The Balaban J connectivity index is 1.05. The highest BCUT2D eigenvalue weighted by Crippen LogP contribution is 2.31. The number of rotatable bonds is 6. The normalized spacial score (nSPS) is 21.0. The lowest BCUT2D eigenvalue weighted by molar-refractivity contribution is -0.141. The average Bonchev–Trinajstić information content (AvgIpc) is 3.57. The minimum atomic E-state index is -1.13. The van der Waals surface area contributed by atoms with E-state index in [0.29, 0.717) is 54.3 Å². The third-order valence-electron chi connectivity index (χ3n) is 8.01. The van der Waals surface area contributed by atoms with E-state index in [1.165, 1.54) is 33.9 Å². The Morgan fingerprint density at radius 3 is 2.58 bits per heavy atom. The summed E-state index contributed by atoms with van der Waals surface area (Å²) in [5.74, 6) is 0.872. The van der Waals surface area contributed by atoms with Crippen LogP contribution in [0.3, 0.4) is 0 Å². The maximum absolute atomic E-state index is 13.3. The zero-order valence-electron chi connectivity index (χ0n) is 22.2. The van der Waals surface area contributed by atoms with Crippen molar-refractivity contribution >= 4 is 16.9 Å². The highest BCUT2D eigenvalue weighted by atomic mass is 19.1. The van der Waals surface area contributed by atoms with Gasteiger partial charge in [-0.2, -0.15) is 5.10 Å². The number of hydrogen-bond acceptors (Lipinski definition) is 8. The minimum Gasteiger partial charge on any atom is -0.472 e. The van der Waals surface area contributed by atoms with Crippen molar-refractivity contribution in [2.45, 2.75) is 63.7 Å². The highest BCUT2D eigenvalue weighted by molar-refractivity contribution is 5.79. The molecule has 4 aromatic rings. The maximum atomic E-state index is 13.3. The van der Waals surface area contributed by atoms with Gasteiger partial charge in [0.15, 0.2) is 5.65 Å². The van der Waals surface area contributed by atoms with Gasteiger partial charge in [-0.3, -0.25) is 14.2 Å². The second kappa shape index (κ2) is 10.5. The zero-order valence-corrected chi connectivity index (χ0v) is 22.2. The molecular formula is C28H31FN6O5. The first kappa shape index (κ1) is 26.2. The van der Waals surface area contributed by atoms with Gasteiger partial charge in [-0.15, -0.1) is 0 Å². The van der Waals surface area contributed by atoms with Crippen LogP contribution < -0.4 is 10.3 Å². The number of amides is 1. The van der Waals surface area contributed by atoms with E-state index in [1.807, 2.05) is 11.8 Å². The van der Waals surface area contributed by atoms with Crippen LogP contribution in [-0.2, 0) is 11.3 Å². The number of nitrogens with zero attached hydrogens (tertiary/aromatic N) is 6. The second-order valence-electron chi connectivity index (χ2n) is 10.9. The number of fused-ring (bicyclic) bond motifs is 1. The van der Waals surface area contributed by atoms with Crippen molar-refractivity contribution in [2.24, 2.45) is 5.92 Å². The summed E-state index contributed by atoms with van der Waals surface area (Å²) in [5, 5.41) is 19.8. The van der Waals surface area contributed by atoms with Crippen molar-refractivity contribution in [3.05, 3.63) is 64.8 Å². The number of halogens is 1. The van der Waals surface area contributed by atoms with Crippen LogP contribution in [0.1, 0.15) is 44.3 Å². The number of carbonyl (C=O) groups excluding carboxylic acids is 1. The molecule has 40 heavy (non-hydrogen) atoms. The average molecular weight is 551 g/mol. The van der Waals surface area contributed by atoms with E-state index in [1.54, 1.807) is 18.2 Å². The predicted molar refractivity (Wildman–Crippen MR) is 141 cm³/mol. The molecule has 2 aliphatic rings. The second-order valence-corrected chi connectivity index (χ2v) is 10.9. The molecule has 1 aliphatic carbocycles. The number of benzene rings is 1. The molecule has 4 heterocycles. The minimum absolute atomic E-state index is 0.0204. The number of aliphatic hydroxyl groups is 1. The van der Waals surface area contributed by atoms with Crippen LogP contribution in [-0.4, -0.2) is 65.2 Å². The quantitative estimate of drug-likeness (QED) is 0.388. The lowest BCUT2D eigenvalue weighted by Gasteiger charge is -2.40. The van der Waals surface area contributed by atoms with Gasteiger partial charge in [0.25, 0.3) is 11.4 Å². The number of piperidine rings is 1. The maximum Gasteiger partial charge on any atom is 0.264 e. The first-order chi connectivity index (χ1) is 19.3. The van der Waals surface area contributed by atoms with Crippen LogP contribution in [0.25, 0.3) is 16.7 Å². The number of aromatic nitrogens is 5. The molecule has 1 saturated carbocycles. The van der Waals surface area contributed by atoms with Gasteiger partial charge in [0.1, 0.15) is 29.4 Å². The van der Waals surface area contributed by atoms with Crippen LogP contribution in [0.15, 0.2) is 52.2 Å². The van der Waals surface area contributed by atoms with E-state index in [-0.39, 0.29) is 35.9 Å². The van der Waals surface area contributed by atoms with Crippen molar-refractivity contribution in [1.82, 2.24) is 29.4 Å². The number of aryl methyl sites for hydroxylation is 1. The van der Waals surface area contributed by atoms with Gasteiger partial charge in [-0.25, -0.2) is 14.1 Å². The van der Waals surface area contributed by atoms with Crippen molar-refractivity contribution in [3.63, 3.8) is 0 Å². The number of ether oxygens (including phenoxy) is 1. The first-order valence-electron chi connectivity index (χ1n) is 13.6. The Labute approximate surface area is 229 Å². The van der Waals surface area contributed by atoms with Gasteiger partial charge in [0.2, 0.25) is 5.91 Å². The molecule has 2 fully saturated rings. The summed E-state index contributed by atoms with van der Waals surface area (Å²) in [7, 11) is 0. The van der Waals surface area contributed by atoms with Crippen LogP contribution in [0, 0.1) is 18.7 Å². The number of likely N-dealkylation sites (tertiary alicyclic amines) is 1. The Bertz CT molecular complexity index is 1560. The summed E-state index contributed by atoms with van der Waals surface area (Å²) in [6, 6.07) is 7.52. The molecule has 0 spiro atoms. The summed E-state index contributed by atoms with van der Waals surface area (Å²) in [6.07, 6.45) is 6.62. The SMILES string of the molecule is Cc1cc(OC2CCC(C(=O)N3CCC(O)(Cn4cnc5c(cnn5-c5ccc(F)cc5)c4=O)CC3)CC2)no1. The van der Waals surface area contributed by atoms with Gasteiger partial charge < -0.3 is 19.3 Å². The van der Waals surface area contributed by atoms with Gasteiger partial charge in [0, 0.05) is 25.1 Å². The lowest BCUT2D eigenvalue weighted by Crippen LogP contribution is -2.51. The molecule has 1 aromatic carbocycles. The molecule has 11 nitrogen and oxygen atoms in total. The van der Waals surface area contributed by atoms with E-state index in [9.17, 15) is 19.1 Å². The molecule has 1 saturated heterocycles.